The Kier molecular flexibility index (Phi) is 7.10. The van der Waals surface area contributed by atoms with E-state index in [2.05, 4.69) is 17.9 Å². The molecule has 0 bridgehead atoms. The molecule has 1 aliphatic rings. The second kappa shape index (κ2) is 9.99. The van der Waals surface area contributed by atoms with Crippen molar-refractivity contribution < 1.29 is 9.47 Å². The standard InChI is InChI=1S/C25H31AsN3O3/c1-5-10-26-19-8-11-28(12-9-19)20-13-17(2)25-27-21(15-24(30)29(25)16-20)18-6-7-22(31-3)23(14-18)32-4/h6-7,13-16,19H,5,8-12H2,1-4H3. The molecule has 0 unspecified atom stereocenters. The van der Waals surface area contributed by atoms with Gasteiger partial charge in [-0.15, -0.1) is 0 Å². The van der Waals surface area contributed by atoms with E-state index in [1.807, 2.05) is 31.3 Å². The molecule has 0 amide bonds. The van der Waals surface area contributed by atoms with Gasteiger partial charge in [-0.05, 0) is 6.07 Å². The second-order valence-corrected chi connectivity index (χ2v) is 11.5. The molecule has 1 aliphatic heterocycles. The van der Waals surface area contributed by atoms with Crippen LogP contribution in [0.4, 0.5) is 5.69 Å². The van der Waals surface area contributed by atoms with Gasteiger partial charge in [0.1, 0.15) is 0 Å². The molecule has 7 heteroatoms. The van der Waals surface area contributed by atoms with Crippen LogP contribution in [-0.2, 0) is 0 Å². The monoisotopic (exact) mass is 496 g/mol. The zero-order chi connectivity index (χ0) is 22.7. The molecule has 32 heavy (non-hydrogen) atoms. The molecule has 169 valence electrons. The molecule has 0 saturated carbocycles. The summed E-state index contributed by atoms with van der Waals surface area (Å²) in [5.74, 6) is 1.26. The summed E-state index contributed by atoms with van der Waals surface area (Å²) >= 11 is 0.480. The number of pyridine rings is 1. The third kappa shape index (κ3) is 4.66. The van der Waals surface area contributed by atoms with Gasteiger partial charge in [-0.2, -0.15) is 0 Å². The van der Waals surface area contributed by atoms with Gasteiger partial charge in [-0.25, -0.2) is 0 Å². The molecule has 0 spiro atoms. The number of anilines is 1. The summed E-state index contributed by atoms with van der Waals surface area (Å²) in [5, 5.41) is 1.42. The van der Waals surface area contributed by atoms with E-state index in [9.17, 15) is 4.79 Å². The average Bonchev–Trinajstić information content (AvgIpc) is 2.82. The van der Waals surface area contributed by atoms with Gasteiger partial charge >= 0.3 is 155 Å². The summed E-state index contributed by atoms with van der Waals surface area (Å²) in [5.41, 5.74) is 4.18. The first-order valence-electron chi connectivity index (χ1n) is 11.2. The number of nitrogens with zero attached hydrogens (tertiary/aromatic N) is 3. The Morgan fingerprint density at radius 1 is 1.09 bits per heavy atom. The number of aromatic nitrogens is 2. The van der Waals surface area contributed by atoms with Crippen molar-refractivity contribution in [3.63, 3.8) is 0 Å². The SMILES string of the molecule is CCC[As]C1CCN(c2cc(C)c3nc(-c4ccc(OC)c(OC)c4)cc(=O)n3c2)CC1. The van der Waals surface area contributed by atoms with E-state index in [-0.39, 0.29) is 5.56 Å². The Morgan fingerprint density at radius 3 is 2.53 bits per heavy atom. The third-order valence-corrected chi connectivity index (χ3v) is 9.70. The zero-order valence-corrected chi connectivity index (χ0v) is 21.2. The summed E-state index contributed by atoms with van der Waals surface area (Å²) in [6.07, 6.45) is 5.80. The number of methoxy groups -OCH3 is 2. The van der Waals surface area contributed by atoms with E-state index >= 15 is 0 Å². The normalized spacial score (nSPS) is 15.1. The Balaban J connectivity index is 1.64. The maximum absolute atomic E-state index is 13.1. The number of piperidine rings is 1. The van der Waals surface area contributed by atoms with Crippen molar-refractivity contribution in [2.75, 3.05) is 32.2 Å². The van der Waals surface area contributed by atoms with Crippen molar-refractivity contribution >= 4 is 27.1 Å². The van der Waals surface area contributed by atoms with Gasteiger partial charge in [0.25, 0.3) is 0 Å². The zero-order valence-electron chi connectivity index (χ0n) is 19.3. The predicted molar refractivity (Wildman–Crippen MR) is 131 cm³/mol. The Bertz CT molecular complexity index is 1150. The van der Waals surface area contributed by atoms with E-state index in [0.717, 1.165) is 34.6 Å². The van der Waals surface area contributed by atoms with Gasteiger partial charge in [0, 0.05) is 0 Å². The van der Waals surface area contributed by atoms with Crippen LogP contribution in [-0.4, -0.2) is 52.4 Å². The predicted octanol–water partition coefficient (Wildman–Crippen LogP) is 4.61. The first-order valence-corrected chi connectivity index (χ1v) is 13.6. The fraction of sp³-hybridized carbons (Fsp3) is 0.440. The fourth-order valence-electron chi connectivity index (χ4n) is 4.28. The van der Waals surface area contributed by atoms with Crippen molar-refractivity contribution in [2.45, 2.75) is 43.0 Å². The molecule has 1 radical (unpaired) electrons. The van der Waals surface area contributed by atoms with Crippen LogP contribution in [0.25, 0.3) is 16.9 Å². The molecule has 2 aromatic heterocycles. The van der Waals surface area contributed by atoms with E-state index < -0.39 is 0 Å². The van der Waals surface area contributed by atoms with Gasteiger partial charge in [0.05, 0.1) is 14.2 Å². The number of hydrogen-bond acceptors (Lipinski definition) is 5. The Morgan fingerprint density at radius 2 is 1.84 bits per heavy atom. The van der Waals surface area contributed by atoms with E-state index in [1.165, 1.54) is 24.5 Å². The van der Waals surface area contributed by atoms with Crippen LogP contribution in [0.5, 0.6) is 11.5 Å². The summed E-state index contributed by atoms with van der Waals surface area (Å²) in [4.78, 5) is 20.3. The number of rotatable bonds is 7. The van der Waals surface area contributed by atoms with Crippen LogP contribution >= 0.6 is 0 Å². The van der Waals surface area contributed by atoms with Crippen molar-refractivity contribution in [3.8, 4) is 22.8 Å². The van der Waals surface area contributed by atoms with Crippen LogP contribution in [0.3, 0.4) is 0 Å². The second-order valence-electron chi connectivity index (χ2n) is 8.25. The van der Waals surface area contributed by atoms with E-state index in [4.69, 9.17) is 14.5 Å². The van der Waals surface area contributed by atoms with E-state index in [0.29, 0.717) is 38.6 Å². The van der Waals surface area contributed by atoms with Gasteiger partial charge < -0.3 is 9.47 Å². The molecule has 1 aromatic carbocycles. The first-order chi connectivity index (χ1) is 15.5. The van der Waals surface area contributed by atoms with Gasteiger partial charge in [0.2, 0.25) is 0 Å². The molecule has 1 fully saturated rings. The average molecular weight is 496 g/mol. The fourth-order valence-corrected chi connectivity index (χ4v) is 6.84. The molecule has 0 N–H and O–H groups in total. The molecule has 3 heterocycles. The Labute approximate surface area is 196 Å². The first kappa shape index (κ1) is 22.7. The molecule has 0 atom stereocenters. The molecule has 4 rings (SSSR count). The summed E-state index contributed by atoms with van der Waals surface area (Å²) in [7, 11) is 3.21. The minimum atomic E-state index is -0.0763. The molecule has 1 saturated heterocycles. The van der Waals surface area contributed by atoms with Gasteiger partial charge in [0.15, 0.2) is 11.5 Å². The molecule has 3 aromatic rings. The van der Waals surface area contributed by atoms with Crippen LogP contribution in [0.2, 0.25) is 9.91 Å². The Hall–Kier alpha value is -2.46. The van der Waals surface area contributed by atoms with Crippen molar-refractivity contribution in [1.29, 1.82) is 0 Å². The minimum absolute atomic E-state index is 0.0763. The van der Waals surface area contributed by atoms with Gasteiger partial charge in [-0.1, -0.05) is 0 Å². The summed E-state index contributed by atoms with van der Waals surface area (Å²) in [6, 6.07) is 9.35. The molecular formula is C25H31AsN3O3. The quantitative estimate of drug-likeness (QED) is 0.448. The van der Waals surface area contributed by atoms with Crippen molar-refractivity contribution in [1.82, 2.24) is 9.38 Å². The number of fused-ring (bicyclic) bond motifs is 1. The van der Waals surface area contributed by atoms with Gasteiger partial charge in [-0.3, -0.25) is 0 Å². The molecule has 0 aliphatic carbocycles. The summed E-state index contributed by atoms with van der Waals surface area (Å²) in [6.45, 7) is 6.45. The number of aryl methyl sites for hydroxylation is 1. The van der Waals surface area contributed by atoms with Crippen LogP contribution in [0.1, 0.15) is 31.7 Å². The summed E-state index contributed by atoms with van der Waals surface area (Å²) < 4.78 is 13.3. The third-order valence-electron chi connectivity index (χ3n) is 6.05. The maximum atomic E-state index is 13.1. The van der Waals surface area contributed by atoms with E-state index in [1.54, 1.807) is 24.7 Å². The number of benzene rings is 1. The number of hydrogen-bond donors (Lipinski definition) is 0. The van der Waals surface area contributed by atoms with Crippen LogP contribution < -0.4 is 19.9 Å². The van der Waals surface area contributed by atoms with Crippen LogP contribution in [0, 0.1) is 6.92 Å². The van der Waals surface area contributed by atoms with Crippen LogP contribution in [0.15, 0.2) is 41.3 Å². The molecular weight excluding hydrogens is 465 g/mol. The van der Waals surface area contributed by atoms with Crippen molar-refractivity contribution in [2.24, 2.45) is 0 Å². The topological polar surface area (TPSA) is 56.1 Å². The molecule has 6 nitrogen and oxygen atoms in total. The van der Waals surface area contributed by atoms with Crippen molar-refractivity contribution in [3.05, 3.63) is 52.4 Å². The number of ether oxygens (including phenoxy) is 2.